The van der Waals surface area contributed by atoms with Gasteiger partial charge in [0.1, 0.15) is 5.75 Å². The van der Waals surface area contributed by atoms with Gasteiger partial charge in [-0.15, -0.1) is 13.2 Å². The van der Waals surface area contributed by atoms with Gasteiger partial charge in [0.15, 0.2) is 0 Å². The highest BCUT2D eigenvalue weighted by molar-refractivity contribution is 5.91. The van der Waals surface area contributed by atoms with Crippen molar-refractivity contribution in [3.05, 3.63) is 35.4 Å². The summed E-state index contributed by atoms with van der Waals surface area (Å²) in [6.45, 7) is 1.39. The third-order valence-electron chi connectivity index (χ3n) is 1.83. The summed E-state index contributed by atoms with van der Waals surface area (Å²) < 4.78 is 39.2. The molecular weight excluding hydrogens is 237 g/mol. The molecule has 0 unspecified atom stereocenters. The molecule has 0 aromatic heterocycles. The van der Waals surface area contributed by atoms with Gasteiger partial charge in [-0.05, 0) is 30.7 Å². The van der Waals surface area contributed by atoms with E-state index in [4.69, 9.17) is 5.11 Å². The van der Waals surface area contributed by atoms with Crippen LogP contribution in [0.5, 0.6) is 5.75 Å². The summed E-state index contributed by atoms with van der Waals surface area (Å²) in [6, 6.07) is 4.92. The van der Waals surface area contributed by atoms with E-state index in [-0.39, 0.29) is 11.3 Å². The van der Waals surface area contributed by atoms with E-state index in [0.717, 1.165) is 12.1 Å². The lowest BCUT2D eigenvalue weighted by molar-refractivity contribution is -0.274. The fourth-order valence-electron chi connectivity index (χ4n) is 1.08. The van der Waals surface area contributed by atoms with Crippen molar-refractivity contribution < 1.29 is 27.8 Å². The van der Waals surface area contributed by atoms with Gasteiger partial charge in [0.05, 0.1) is 0 Å². The van der Waals surface area contributed by atoms with E-state index >= 15 is 0 Å². The van der Waals surface area contributed by atoms with Crippen LogP contribution in [0.3, 0.4) is 0 Å². The number of rotatable bonds is 3. The Kier molecular flexibility index (Phi) is 3.77. The highest BCUT2D eigenvalue weighted by Crippen LogP contribution is 2.23. The maximum Gasteiger partial charge on any atom is 0.573 e. The molecule has 6 heteroatoms. The Labute approximate surface area is 95.1 Å². The largest absolute Gasteiger partial charge is 0.573 e. The molecule has 0 amide bonds. The predicted molar refractivity (Wildman–Crippen MR) is 54.4 cm³/mol. The molecule has 1 rings (SSSR count). The lowest BCUT2D eigenvalue weighted by Crippen LogP contribution is -2.16. The first-order valence-corrected chi connectivity index (χ1v) is 4.55. The van der Waals surface area contributed by atoms with Crippen molar-refractivity contribution in [3.8, 4) is 5.75 Å². The molecule has 0 aliphatic rings. The van der Waals surface area contributed by atoms with Crippen molar-refractivity contribution in [1.82, 2.24) is 0 Å². The monoisotopic (exact) mass is 246 g/mol. The zero-order valence-electron chi connectivity index (χ0n) is 8.78. The van der Waals surface area contributed by atoms with Gasteiger partial charge >= 0.3 is 12.3 Å². The number of aliphatic carboxylic acids is 1. The number of hydrogen-bond donors (Lipinski definition) is 1. The predicted octanol–water partition coefficient (Wildman–Crippen LogP) is 3.07. The summed E-state index contributed by atoms with van der Waals surface area (Å²) in [5.41, 5.74) is 0.578. The van der Waals surface area contributed by atoms with Crippen LogP contribution in [0.25, 0.3) is 6.08 Å². The second-order valence-electron chi connectivity index (χ2n) is 3.25. The van der Waals surface area contributed by atoms with E-state index in [1.807, 2.05) is 0 Å². The number of carboxylic acids is 1. The molecule has 0 bridgehead atoms. The summed E-state index contributed by atoms with van der Waals surface area (Å²) in [4.78, 5) is 10.5. The fraction of sp³-hybridized carbons (Fsp3) is 0.182. The van der Waals surface area contributed by atoms with Crippen molar-refractivity contribution >= 4 is 12.0 Å². The van der Waals surface area contributed by atoms with Gasteiger partial charge in [-0.2, -0.15) is 0 Å². The maximum atomic E-state index is 11.8. The van der Waals surface area contributed by atoms with Crippen LogP contribution >= 0.6 is 0 Å². The van der Waals surface area contributed by atoms with Gasteiger partial charge in [0.25, 0.3) is 0 Å². The summed E-state index contributed by atoms with van der Waals surface area (Å²) >= 11 is 0. The number of carbonyl (C=O) groups is 1. The molecule has 0 spiro atoms. The third-order valence-corrected chi connectivity index (χ3v) is 1.83. The first kappa shape index (κ1) is 13.1. The van der Waals surface area contributed by atoms with Gasteiger partial charge < -0.3 is 9.84 Å². The van der Waals surface area contributed by atoms with Gasteiger partial charge in [-0.1, -0.05) is 12.1 Å². The molecule has 0 radical (unpaired) electrons. The molecule has 0 saturated heterocycles. The molecular formula is C11H9F3O3. The van der Waals surface area contributed by atoms with E-state index in [0.29, 0.717) is 5.56 Å². The molecule has 0 aliphatic heterocycles. The normalized spacial score (nSPS) is 12.4. The van der Waals surface area contributed by atoms with Crippen molar-refractivity contribution in [1.29, 1.82) is 0 Å². The highest BCUT2D eigenvalue weighted by atomic mass is 19.4. The van der Waals surface area contributed by atoms with Crippen LogP contribution in [-0.4, -0.2) is 17.4 Å². The van der Waals surface area contributed by atoms with Crippen molar-refractivity contribution in [2.45, 2.75) is 13.3 Å². The standard InChI is InChI=1S/C11H9F3O3/c1-7(10(15)16)6-8-2-4-9(5-3-8)17-11(12,13)14/h2-6H,1H3,(H,15,16)/b7-6-. The van der Waals surface area contributed by atoms with E-state index in [1.165, 1.54) is 25.1 Å². The zero-order valence-corrected chi connectivity index (χ0v) is 8.78. The molecule has 1 N–H and O–H groups in total. The van der Waals surface area contributed by atoms with Crippen LogP contribution in [0.15, 0.2) is 29.8 Å². The SMILES string of the molecule is C/C(=C/c1ccc(OC(F)(F)F)cc1)C(=O)O. The van der Waals surface area contributed by atoms with E-state index in [9.17, 15) is 18.0 Å². The molecule has 0 saturated carbocycles. The van der Waals surface area contributed by atoms with E-state index in [1.54, 1.807) is 0 Å². The number of benzene rings is 1. The summed E-state index contributed by atoms with van der Waals surface area (Å²) in [7, 11) is 0. The van der Waals surface area contributed by atoms with Gasteiger partial charge in [0.2, 0.25) is 0 Å². The minimum atomic E-state index is -4.73. The Hall–Kier alpha value is -1.98. The van der Waals surface area contributed by atoms with Crippen LogP contribution in [-0.2, 0) is 4.79 Å². The molecule has 17 heavy (non-hydrogen) atoms. The lowest BCUT2D eigenvalue weighted by atomic mass is 10.1. The Balaban J connectivity index is 2.82. The smallest absolute Gasteiger partial charge is 0.478 e. The molecule has 0 heterocycles. The Morgan fingerprint density at radius 1 is 1.29 bits per heavy atom. The van der Waals surface area contributed by atoms with Crippen LogP contribution in [0.2, 0.25) is 0 Å². The summed E-state index contributed by atoms with van der Waals surface area (Å²) in [5.74, 6) is -1.43. The zero-order chi connectivity index (χ0) is 13.1. The molecule has 1 aromatic rings. The van der Waals surface area contributed by atoms with Crippen molar-refractivity contribution in [3.63, 3.8) is 0 Å². The average Bonchev–Trinajstić information content (AvgIpc) is 2.18. The maximum absolute atomic E-state index is 11.8. The Bertz CT molecular complexity index is 432. The first-order valence-electron chi connectivity index (χ1n) is 4.55. The molecule has 92 valence electrons. The minimum Gasteiger partial charge on any atom is -0.478 e. The van der Waals surface area contributed by atoms with Gasteiger partial charge in [-0.3, -0.25) is 0 Å². The van der Waals surface area contributed by atoms with Crippen LogP contribution < -0.4 is 4.74 Å². The molecule has 1 aromatic carbocycles. The van der Waals surface area contributed by atoms with E-state index in [2.05, 4.69) is 4.74 Å². The first-order chi connectivity index (χ1) is 7.78. The molecule has 0 fully saturated rings. The number of carboxylic acid groups (broad SMARTS) is 1. The molecule has 3 nitrogen and oxygen atoms in total. The minimum absolute atomic E-state index is 0.0921. The highest BCUT2D eigenvalue weighted by Gasteiger charge is 2.30. The van der Waals surface area contributed by atoms with Crippen LogP contribution in [0.1, 0.15) is 12.5 Å². The average molecular weight is 246 g/mol. The fourth-order valence-corrected chi connectivity index (χ4v) is 1.08. The molecule has 0 aliphatic carbocycles. The molecule has 0 atom stereocenters. The number of alkyl halides is 3. The number of halogens is 3. The topological polar surface area (TPSA) is 46.5 Å². The van der Waals surface area contributed by atoms with Gasteiger partial charge in [-0.25, -0.2) is 4.79 Å². The van der Waals surface area contributed by atoms with Crippen molar-refractivity contribution in [2.75, 3.05) is 0 Å². The Morgan fingerprint density at radius 2 is 1.82 bits per heavy atom. The second-order valence-corrected chi connectivity index (χ2v) is 3.25. The van der Waals surface area contributed by atoms with E-state index < -0.39 is 12.3 Å². The van der Waals surface area contributed by atoms with Gasteiger partial charge in [0, 0.05) is 5.57 Å². The summed E-state index contributed by atoms with van der Waals surface area (Å²) in [6.07, 6.45) is -3.38. The van der Waals surface area contributed by atoms with Crippen molar-refractivity contribution in [2.24, 2.45) is 0 Å². The number of ether oxygens (including phenoxy) is 1. The van der Waals surface area contributed by atoms with Crippen LogP contribution in [0.4, 0.5) is 13.2 Å². The lowest BCUT2D eigenvalue weighted by Gasteiger charge is -2.08. The summed E-state index contributed by atoms with van der Waals surface area (Å²) in [5, 5.41) is 8.61. The quantitative estimate of drug-likeness (QED) is 0.833. The number of hydrogen-bond acceptors (Lipinski definition) is 2. The second kappa shape index (κ2) is 4.90. The Morgan fingerprint density at radius 3 is 2.24 bits per heavy atom. The third kappa shape index (κ3) is 4.58. The van der Waals surface area contributed by atoms with Crippen LogP contribution in [0, 0.1) is 0 Å².